The highest BCUT2D eigenvalue weighted by Gasteiger charge is 2.09. The molecule has 3 aromatic carbocycles. The second kappa shape index (κ2) is 8.50. The van der Waals surface area contributed by atoms with Crippen LogP contribution in [0.2, 0.25) is 0 Å². The molecule has 7 nitrogen and oxygen atoms in total. The van der Waals surface area contributed by atoms with Crippen molar-refractivity contribution in [2.45, 2.75) is 0 Å². The molecular formula is C21H17N3O4. The SMILES string of the molecule is O=C(Nc1ccccc1)Nc1cccc(NC(=O)c2ccc(C(=O)O)cc2)c1. The average Bonchev–Trinajstić information content (AvgIpc) is 2.69. The summed E-state index contributed by atoms with van der Waals surface area (Å²) in [7, 11) is 0. The molecule has 3 aromatic rings. The molecular weight excluding hydrogens is 358 g/mol. The lowest BCUT2D eigenvalue weighted by atomic mass is 10.1. The van der Waals surface area contributed by atoms with E-state index in [0.29, 0.717) is 22.6 Å². The van der Waals surface area contributed by atoms with Crippen LogP contribution in [-0.2, 0) is 0 Å². The number of anilines is 3. The Morgan fingerprint density at radius 2 is 1.14 bits per heavy atom. The van der Waals surface area contributed by atoms with E-state index in [4.69, 9.17) is 5.11 Å². The number of carboxylic acid groups (broad SMARTS) is 1. The van der Waals surface area contributed by atoms with E-state index < -0.39 is 12.0 Å². The maximum atomic E-state index is 12.3. The number of rotatable bonds is 5. The van der Waals surface area contributed by atoms with Gasteiger partial charge in [0.2, 0.25) is 0 Å². The van der Waals surface area contributed by atoms with Gasteiger partial charge in [-0.05, 0) is 54.6 Å². The van der Waals surface area contributed by atoms with Gasteiger partial charge < -0.3 is 21.1 Å². The quantitative estimate of drug-likeness (QED) is 0.534. The van der Waals surface area contributed by atoms with Gasteiger partial charge in [0.05, 0.1) is 5.56 Å². The molecule has 0 aliphatic rings. The molecule has 0 radical (unpaired) electrons. The highest BCUT2D eigenvalue weighted by molar-refractivity contribution is 6.05. The van der Waals surface area contributed by atoms with E-state index >= 15 is 0 Å². The van der Waals surface area contributed by atoms with Crippen molar-refractivity contribution in [1.29, 1.82) is 0 Å². The molecule has 0 fully saturated rings. The van der Waals surface area contributed by atoms with Gasteiger partial charge in [0, 0.05) is 22.6 Å². The zero-order chi connectivity index (χ0) is 19.9. The van der Waals surface area contributed by atoms with Crippen molar-refractivity contribution in [2.24, 2.45) is 0 Å². The largest absolute Gasteiger partial charge is 0.478 e. The summed E-state index contributed by atoms with van der Waals surface area (Å²) in [6, 6.07) is 20.9. The number of aromatic carboxylic acids is 1. The van der Waals surface area contributed by atoms with Crippen LogP contribution in [-0.4, -0.2) is 23.0 Å². The van der Waals surface area contributed by atoms with Crippen LogP contribution in [0.5, 0.6) is 0 Å². The number of carbonyl (C=O) groups is 3. The van der Waals surface area contributed by atoms with Gasteiger partial charge >= 0.3 is 12.0 Å². The molecule has 7 heteroatoms. The lowest BCUT2D eigenvalue weighted by Gasteiger charge is -2.10. The minimum Gasteiger partial charge on any atom is -0.478 e. The molecule has 3 amide bonds. The number of urea groups is 1. The molecule has 0 bridgehead atoms. The van der Waals surface area contributed by atoms with E-state index in [-0.39, 0.29) is 11.5 Å². The molecule has 0 aromatic heterocycles. The number of hydrogen-bond acceptors (Lipinski definition) is 3. The zero-order valence-corrected chi connectivity index (χ0v) is 14.7. The van der Waals surface area contributed by atoms with Crippen LogP contribution in [0.1, 0.15) is 20.7 Å². The molecule has 140 valence electrons. The first-order valence-corrected chi connectivity index (χ1v) is 8.39. The third-order valence-electron chi connectivity index (χ3n) is 3.80. The Hall–Kier alpha value is -4.13. The normalized spacial score (nSPS) is 10.0. The summed E-state index contributed by atoms with van der Waals surface area (Å²) in [6.07, 6.45) is 0. The molecule has 3 rings (SSSR count). The summed E-state index contributed by atoms with van der Waals surface area (Å²) in [5, 5.41) is 17.0. The van der Waals surface area contributed by atoms with Crippen LogP contribution in [0, 0.1) is 0 Å². The Labute approximate surface area is 161 Å². The summed E-state index contributed by atoms with van der Waals surface area (Å²) in [6.45, 7) is 0. The Morgan fingerprint density at radius 3 is 1.79 bits per heavy atom. The van der Waals surface area contributed by atoms with Crippen molar-refractivity contribution in [3.8, 4) is 0 Å². The third kappa shape index (κ3) is 4.95. The van der Waals surface area contributed by atoms with Crippen molar-refractivity contribution in [3.05, 3.63) is 90.0 Å². The number of benzene rings is 3. The van der Waals surface area contributed by atoms with Gasteiger partial charge in [-0.15, -0.1) is 0 Å². The van der Waals surface area contributed by atoms with Crippen molar-refractivity contribution in [3.63, 3.8) is 0 Å². The van der Waals surface area contributed by atoms with E-state index in [1.165, 1.54) is 24.3 Å². The molecule has 0 atom stereocenters. The molecule has 28 heavy (non-hydrogen) atoms. The van der Waals surface area contributed by atoms with Gasteiger partial charge in [0.25, 0.3) is 5.91 Å². The van der Waals surface area contributed by atoms with E-state index in [9.17, 15) is 14.4 Å². The van der Waals surface area contributed by atoms with Gasteiger partial charge in [0.1, 0.15) is 0 Å². The monoisotopic (exact) mass is 375 g/mol. The van der Waals surface area contributed by atoms with Crippen molar-refractivity contribution in [2.75, 3.05) is 16.0 Å². The van der Waals surface area contributed by atoms with Gasteiger partial charge in [-0.25, -0.2) is 9.59 Å². The molecule has 0 unspecified atom stereocenters. The number of hydrogen-bond donors (Lipinski definition) is 4. The first-order valence-electron chi connectivity index (χ1n) is 8.39. The second-order valence-corrected chi connectivity index (χ2v) is 5.86. The second-order valence-electron chi connectivity index (χ2n) is 5.86. The lowest BCUT2D eigenvalue weighted by molar-refractivity contribution is 0.0696. The smallest absolute Gasteiger partial charge is 0.335 e. The fourth-order valence-corrected chi connectivity index (χ4v) is 2.46. The zero-order valence-electron chi connectivity index (χ0n) is 14.7. The Kier molecular flexibility index (Phi) is 5.66. The predicted molar refractivity (Wildman–Crippen MR) is 107 cm³/mol. The number of nitrogens with one attached hydrogen (secondary N) is 3. The first-order chi connectivity index (χ1) is 13.5. The molecule has 0 aliphatic carbocycles. The predicted octanol–water partition coefficient (Wildman–Crippen LogP) is 4.28. The van der Waals surface area contributed by atoms with Crippen LogP contribution in [0.25, 0.3) is 0 Å². The lowest BCUT2D eigenvalue weighted by Crippen LogP contribution is -2.19. The minimum absolute atomic E-state index is 0.104. The van der Waals surface area contributed by atoms with E-state index in [1.807, 2.05) is 18.2 Å². The summed E-state index contributed by atoms with van der Waals surface area (Å²) >= 11 is 0. The van der Waals surface area contributed by atoms with Gasteiger partial charge in [-0.3, -0.25) is 4.79 Å². The van der Waals surface area contributed by atoms with Crippen LogP contribution >= 0.6 is 0 Å². The van der Waals surface area contributed by atoms with E-state index in [0.717, 1.165) is 0 Å². The Bertz CT molecular complexity index is 1000. The third-order valence-corrected chi connectivity index (χ3v) is 3.80. The van der Waals surface area contributed by atoms with Crippen molar-refractivity contribution >= 4 is 35.0 Å². The van der Waals surface area contributed by atoms with E-state index in [2.05, 4.69) is 16.0 Å². The maximum Gasteiger partial charge on any atom is 0.335 e. The number of amides is 3. The van der Waals surface area contributed by atoms with Crippen molar-refractivity contribution in [1.82, 2.24) is 0 Å². The summed E-state index contributed by atoms with van der Waals surface area (Å²) < 4.78 is 0. The van der Waals surface area contributed by atoms with E-state index in [1.54, 1.807) is 36.4 Å². The van der Waals surface area contributed by atoms with Gasteiger partial charge in [0.15, 0.2) is 0 Å². The maximum absolute atomic E-state index is 12.3. The molecule has 0 spiro atoms. The average molecular weight is 375 g/mol. The Morgan fingerprint density at radius 1 is 0.607 bits per heavy atom. The fourth-order valence-electron chi connectivity index (χ4n) is 2.46. The number of para-hydroxylation sites is 1. The summed E-state index contributed by atoms with van der Waals surface area (Å²) in [5.41, 5.74) is 2.09. The summed E-state index contributed by atoms with van der Waals surface area (Å²) in [4.78, 5) is 35.3. The fraction of sp³-hybridized carbons (Fsp3) is 0. The minimum atomic E-state index is -1.06. The van der Waals surface area contributed by atoms with Crippen LogP contribution in [0.4, 0.5) is 21.9 Å². The topological polar surface area (TPSA) is 108 Å². The molecule has 4 N–H and O–H groups in total. The highest BCUT2D eigenvalue weighted by atomic mass is 16.4. The molecule has 0 heterocycles. The van der Waals surface area contributed by atoms with Crippen LogP contribution in [0.3, 0.4) is 0 Å². The summed E-state index contributed by atoms with van der Waals surface area (Å²) in [5.74, 6) is -1.44. The molecule has 0 aliphatic heterocycles. The molecule has 0 saturated carbocycles. The van der Waals surface area contributed by atoms with Crippen molar-refractivity contribution < 1.29 is 19.5 Å². The van der Waals surface area contributed by atoms with Crippen LogP contribution in [0.15, 0.2) is 78.9 Å². The van der Waals surface area contributed by atoms with Crippen LogP contribution < -0.4 is 16.0 Å². The Balaban J connectivity index is 1.63. The first kappa shape index (κ1) is 18.7. The van der Waals surface area contributed by atoms with Gasteiger partial charge in [-0.1, -0.05) is 24.3 Å². The highest BCUT2D eigenvalue weighted by Crippen LogP contribution is 2.17. The standard InChI is InChI=1S/C21H17N3O4/c25-19(14-9-11-15(12-10-14)20(26)27)22-17-7-4-8-18(13-17)24-21(28)23-16-5-2-1-3-6-16/h1-13H,(H,22,25)(H,26,27)(H2,23,24,28). The molecule has 0 saturated heterocycles. The van der Waals surface area contributed by atoms with Gasteiger partial charge in [-0.2, -0.15) is 0 Å². The number of carbonyl (C=O) groups excluding carboxylic acids is 2. The number of carboxylic acids is 1.